The zero-order chi connectivity index (χ0) is 23.7. The first-order chi connectivity index (χ1) is 16.5. The van der Waals surface area contributed by atoms with Gasteiger partial charge in [0, 0.05) is 25.2 Å². The Morgan fingerprint density at radius 3 is 2.68 bits per heavy atom. The predicted octanol–water partition coefficient (Wildman–Crippen LogP) is 3.28. The third-order valence-electron chi connectivity index (χ3n) is 5.83. The molecule has 0 unspecified atom stereocenters. The van der Waals surface area contributed by atoms with Crippen molar-refractivity contribution in [3.63, 3.8) is 0 Å². The molecule has 0 bridgehead atoms. The minimum atomic E-state index is -0.380. The number of hydrogen-bond donors (Lipinski definition) is 1. The molecule has 0 spiro atoms. The SMILES string of the molecule is CCOc1ccc(-c2nnc([C@H]3C[C@H](NC(=O)c4cn(C)cn4)C3)n2-c2ccccc2F)nc1. The number of carbonyl (C=O) groups excluding carboxylic acids is 1. The number of benzene rings is 1. The number of nitrogens with zero attached hydrogens (tertiary/aromatic N) is 6. The van der Waals surface area contributed by atoms with Crippen LogP contribution in [0.25, 0.3) is 17.2 Å². The van der Waals surface area contributed by atoms with Crippen molar-refractivity contribution in [3.05, 3.63) is 72.5 Å². The molecule has 5 rings (SSSR count). The summed E-state index contributed by atoms with van der Waals surface area (Å²) in [5.74, 6) is 1.16. The monoisotopic (exact) mass is 461 g/mol. The highest BCUT2D eigenvalue weighted by Crippen LogP contribution is 2.39. The van der Waals surface area contributed by atoms with E-state index in [-0.39, 0.29) is 23.7 Å². The van der Waals surface area contributed by atoms with Gasteiger partial charge < -0.3 is 14.6 Å². The molecule has 174 valence electrons. The first-order valence-corrected chi connectivity index (χ1v) is 11.1. The van der Waals surface area contributed by atoms with Crippen LogP contribution in [-0.2, 0) is 7.05 Å². The van der Waals surface area contributed by atoms with E-state index in [1.54, 1.807) is 58.2 Å². The highest BCUT2D eigenvalue weighted by atomic mass is 19.1. The van der Waals surface area contributed by atoms with Crippen molar-refractivity contribution in [2.45, 2.75) is 31.7 Å². The Balaban J connectivity index is 1.41. The molecule has 1 saturated carbocycles. The largest absolute Gasteiger partial charge is 0.492 e. The number of pyridine rings is 1. The molecule has 1 aliphatic rings. The Bertz CT molecular complexity index is 1310. The smallest absolute Gasteiger partial charge is 0.271 e. The predicted molar refractivity (Wildman–Crippen MR) is 122 cm³/mol. The zero-order valence-electron chi connectivity index (χ0n) is 18.8. The molecule has 0 radical (unpaired) electrons. The maximum absolute atomic E-state index is 14.8. The molecule has 1 N–H and O–H groups in total. The van der Waals surface area contributed by atoms with Gasteiger partial charge in [0.25, 0.3) is 5.91 Å². The fourth-order valence-corrected chi connectivity index (χ4v) is 4.10. The Hall–Kier alpha value is -4.08. The van der Waals surface area contributed by atoms with Crippen LogP contribution in [0.1, 0.15) is 42.0 Å². The van der Waals surface area contributed by atoms with Crippen LogP contribution >= 0.6 is 0 Å². The normalized spacial score (nSPS) is 17.3. The number of imidazole rings is 1. The second kappa shape index (κ2) is 9.05. The van der Waals surface area contributed by atoms with Crippen LogP contribution in [0.4, 0.5) is 4.39 Å². The Labute approximate surface area is 195 Å². The van der Waals surface area contributed by atoms with Crippen LogP contribution < -0.4 is 10.1 Å². The van der Waals surface area contributed by atoms with Gasteiger partial charge in [0.2, 0.25) is 0 Å². The number of para-hydroxylation sites is 1. The Morgan fingerprint density at radius 2 is 2.00 bits per heavy atom. The summed E-state index contributed by atoms with van der Waals surface area (Å²) >= 11 is 0. The second-order valence-electron chi connectivity index (χ2n) is 8.24. The number of aryl methyl sites for hydroxylation is 1. The minimum Gasteiger partial charge on any atom is -0.492 e. The number of hydrogen-bond acceptors (Lipinski definition) is 6. The lowest BCUT2D eigenvalue weighted by Gasteiger charge is -2.35. The van der Waals surface area contributed by atoms with Crippen LogP contribution in [0, 0.1) is 5.82 Å². The van der Waals surface area contributed by atoms with E-state index in [0.717, 1.165) is 0 Å². The molecular weight excluding hydrogens is 437 g/mol. The summed E-state index contributed by atoms with van der Waals surface area (Å²) in [7, 11) is 1.81. The highest BCUT2D eigenvalue weighted by Gasteiger charge is 2.36. The first kappa shape index (κ1) is 21.7. The topological polar surface area (TPSA) is 99.8 Å². The number of rotatable bonds is 7. The van der Waals surface area contributed by atoms with Crippen molar-refractivity contribution in [2.75, 3.05) is 6.61 Å². The van der Waals surface area contributed by atoms with Gasteiger partial charge in [0.05, 0.1) is 24.8 Å². The summed E-state index contributed by atoms with van der Waals surface area (Å²) in [6.07, 6.45) is 6.22. The molecule has 3 heterocycles. The van der Waals surface area contributed by atoms with Crippen LogP contribution in [0.5, 0.6) is 5.75 Å². The van der Waals surface area contributed by atoms with E-state index >= 15 is 0 Å². The van der Waals surface area contributed by atoms with Gasteiger partial charge in [0.1, 0.15) is 28.8 Å². The van der Waals surface area contributed by atoms with Crippen molar-refractivity contribution in [3.8, 4) is 23.0 Å². The molecule has 34 heavy (non-hydrogen) atoms. The lowest BCUT2D eigenvalue weighted by molar-refractivity contribution is 0.0902. The van der Waals surface area contributed by atoms with Gasteiger partial charge in [-0.3, -0.25) is 9.36 Å². The number of aromatic nitrogens is 6. The molecular formula is C24H24FN7O2. The van der Waals surface area contributed by atoms with Gasteiger partial charge in [-0.2, -0.15) is 0 Å². The van der Waals surface area contributed by atoms with Crippen LogP contribution in [0.2, 0.25) is 0 Å². The van der Waals surface area contributed by atoms with Crippen LogP contribution in [0.3, 0.4) is 0 Å². The van der Waals surface area contributed by atoms with Crippen molar-refractivity contribution in [1.29, 1.82) is 0 Å². The molecule has 1 aromatic carbocycles. The maximum atomic E-state index is 14.8. The standard InChI is InChI=1S/C24H24FN7O2/c1-3-34-17-8-9-19(26-12-17)23-30-29-22(32(23)21-7-5-4-6-18(21)25)15-10-16(11-15)28-24(33)20-13-31(2)14-27-20/h4-9,12-16H,3,10-11H2,1-2H3,(H,28,33)/t15-,16-. The van der Waals surface area contributed by atoms with Crippen LogP contribution in [-0.4, -0.2) is 47.9 Å². The fourth-order valence-electron chi connectivity index (χ4n) is 4.10. The maximum Gasteiger partial charge on any atom is 0.271 e. The van der Waals surface area contributed by atoms with Gasteiger partial charge >= 0.3 is 0 Å². The molecule has 9 nitrogen and oxygen atoms in total. The number of carbonyl (C=O) groups is 1. The molecule has 1 amide bonds. The van der Waals surface area contributed by atoms with Crippen molar-refractivity contribution < 1.29 is 13.9 Å². The first-order valence-electron chi connectivity index (χ1n) is 11.1. The fraction of sp³-hybridized carbons (Fsp3) is 0.292. The number of amides is 1. The summed E-state index contributed by atoms with van der Waals surface area (Å²) in [5, 5.41) is 11.8. The average molecular weight is 462 g/mol. The highest BCUT2D eigenvalue weighted by molar-refractivity contribution is 5.92. The second-order valence-corrected chi connectivity index (χ2v) is 8.24. The Morgan fingerprint density at radius 1 is 1.18 bits per heavy atom. The quantitative estimate of drug-likeness (QED) is 0.453. The summed E-state index contributed by atoms with van der Waals surface area (Å²) in [6, 6.07) is 10.1. The lowest BCUT2D eigenvalue weighted by Crippen LogP contribution is -2.44. The zero-order valence-corrected chi connectivity index (χ0v) is 18.8. The van der Waals surface area contributed by atoms with Gasteiger partial charge in [-0.15, -0.1) is 10.2 Å². The third-order valence-corrected chi connectivity index (χ3v) is 5.83. The number of ether oxygens (including phenoxy) is 1. The Kier molecular flexibility index (Phi) is 5.79. The van der Waals surface area contributed by atoms with E-state index in [4.69, 9.17) is 4.74 Å². The van der Waals surface area contributed by atoms with E-state index in [1.807, 2.05) is 14.0 Å². The van der Waals surface area contributed by atoms with E-state index in [2.05, 4.69) is 25.5 Å². The summed E-state index contributed by atoms with van der Waals surface area (Å²) in [5.41, 5.74) is 1.29. The number of halogens is 1. The van der Waals surface area contributed by atoms with Crippen LogP contribution in [0.15, 0.2) is 55.1 Å². The molecule has 4 aromatic rings. The molecule has 3 aromatic heterocycles. The minimum absolute atomic E-state index is 0.0117. The molecule has 0 aliphatic heterocycles. The van der Waals surface area contributed by atoms with E-state index in [1.165, 1.54) is 6.07 Å². The summed E-state index contributed by atoms with van der Waals surface area (Å²) < 4.78 is 23.8. The molecule has 0 atom stereocenters. The van der Waals surface area contributed by atoms with Gasteiger partial charge in [-0.25, -0.2) is 14.4 Å². The lowest BCUT2D eigenvalue weighted by atomic mass is 9.79. The van der Waals surface area contributed by atoms with Crippen molar-refractivity contribution in [1.82, 2.24) is 34.6 Å². The molecule has 10 heteroatoms. The van der Waals surface area contributed by atoms with Crippen molar-refractivity contribution >= 4 is 5.91 Å². The summed E-state index contributed by atoms with van der Waals surface area (Å²) in [4.78, 5) is 21.0. The van der Waals surface area contributed by atoms with Gasteiger partial charge in [-0.05, 0) is 44.0 Å². The third kappa shape index (κ3) is 4.14. The molecule has 0 saturated heterocycles. The van der Waals surface area contributed by atoms with Gasteiger partial charge in [0.15, 0.2) is 5.82 Å². The van der Waals surface area contributed by atoms with E-state index in [9.17, 15) is 9.18 Å². The van der Waals surface area contributed by atoms with Gasteiger partial charge in [-0.1, -0.05) is 12.1 Å². The van der Waals surface area contributed by atoms with Crippen molar-refractivity contribution in [2.24, 2.45) is 7.05 Å². The average Bonchev–Trinajstić information content (AvgIpc) is 3.43. The molecule has 1 fully saturated rings. The summed E-state index contributed by atoms with van der Waals surface area (Å²) in [6.45, 7) is 2.44. The van der Waals surface area contributed by atoms with E-state index < -0.39 is 0 Å². The molecule has 1 aliphatic carbocycles. The van der Waals surface area contributed by atoms with E-state index in [0.29, 0.717) is 53.9 Å². The number of nitrogens with one attached hydrogen (secondary N) is 1.